The molecule has 0 bridgehead atoms. The molecule has 0 N–H and O–H groups in total. The normalized spacial score (nSPS) is 8.00. The summed E-state index contributed by atoms with van der Waals surface area (Å²) in [5.41, 5.74) is 7.75. The van der Waals surface area contributed by atoms with E-state index in [1.807, 2.05) is 0 Å². The average Bonchev–Trinajstić information content (AvgIpc) is 1.96. The minimum Gasteiger partial charge on any atom is -0.253 e. The minimum atomic E-state index is -1.19. The smallest absolute Gasteiger partial charge is 0.253 e. The molecular formula is C3H3N5O4. The molecule has 0 saturated heterocycles. The van der Waals surface area contributed by atoms with Crippen molar-refractivity contribution in [1.29, 1.82) is 0 Å². The van der Waals surface area contributed by atoms with E-state index in [9.17, 15) is 20.2 Å². The van der Waals surface area contributed by atoms with Gasteiger partial charge in [-0.15, -0.1) is 0 Å². The SMILES string of the molecule is [N-]=[N+]=NCC=C([N+](=O)[O-])[N+](=O)[O-]. The molecule has 0 saturated carbocycles. The molecule has 0 rings (SSSR count). The van der Waals surface area contributed by atoms with Gasteiger partial charge in [0.25, 0.3) is 0 Å². The van der Waals surface area contributed by atoms with Gasteiger partial charge in [0, 0.05) is 4.91 Å². The fourth-order valence-electron chi connectivity index (χ4n) is 0.375. The number of hydrogen-bond donors (Lipinski definition) is 0. The molecule has 12 heavy (non-hydrogen) atoms. The summed E-state index contributed by atoms with van der Waals surface area (Å²) in [5, 5.41) is 22.7. The standard InChI is InChI=1S/C3H3N5O4/c4-6-5-2-1-3(7(9)10)8(11)12/h1H,2H2. The van der Waals surface area contributed by atoms with E-state index in [0.717, 1.165) is 0 Å². The zero-order valence-corrected chi connectivity index (χ0v) is 5.65. The molecule has 0 aliphatic heterocycles. The Morgan fingerprint density at radius 2 is 2.00 bits per heavy atom. The molecule has 0 radical (unpaired) electrons. The van der Waals surface area contributed by atoms with Crippen molar-refractivity contribution in [3.63, 3.8) is 0 Å². The lowest BCUT2D eigenvalue weighted by Crippen LogP contribution is -2.09. The second kappa shape index (κ2) is 4.63. The Balaban J connectivity index is 4.50. The van der Waals surface area contributed by atoms with Gasteiger partial charge < -0.3 is 0 Å². The van der Waals surface area contributed by atoms with Crippen molar-refractivity contribution in [3.05, 3.63) is 42.6 Å². The van der Waals surface area contributed by atoms with Crippen LogP contribution in [0.2, 0.25) is 0 Å². The second-order valence-corrected chi connectivity index (χ2v) is 1.49. The number of rotatable bonds is 4. The molecular weight excluding hydrogens is 170 g/mol. The predicted octanol–water partition coefficient (Wildman–Crippen LogP) is 0.691. The zero-order valence-electron chi connectivity index (χ0n) is 5.65. The molecule has 9 heteroatoms. The van der Waals surface area contributed by atoms with Crippen LogP contribution in [0.15, 0.2) is 17.0 Å². The lowest BCUT2D eigenvalue weighted by Gasteiger charge is -1.84. The van der Waals surface area contributed by atoms with E-state index in [0.29, 0.717) is 6.08 Å². The van der Waals surface area contributed by atoms with Crippen LogP contribution in [0.1, 0.15) is 0 Å². The maximum atomic E-state index is 9.90. The summed E-state index contributed by atoms with van der Waals surface area (Å²) >= 11 is 0. The van der Waals surface area contributed by atoms with E-state index in [4.69, 9.17) is 5.53 Å². The van der Waals surface area contributed by atoms with Crippen LogP contribution in [0.25, 0.3) is 10.4 Å². The Kier molecular flexibility index (Phi) is 3.80. The summed E-state index contributed by atoms with van der Waals surface area (Å²) in [5.74, 6) is -1.19. The predicted molar refractivity (Wildman–Crippen MR) is 36.1 cm³/mol. The van der Waals surface area contributed by atoms with E-state index in [1.165, 1.54) is 0 Å². The van der Waals surface area contributed by atoms with Crippen LogP contribution in [0.5, 0.6) is 0 Å². The third-order valence-corrected chi connectivity index (χ3v) is 0.793. The first-order valence-electron chi connectivity index (χ1n) is 2.59. The van der Waals surface area contributed by atoms with Crippen molar-refractivity contribution in [2.75, 3.05) is 6.54 Å². The summed E-state index contributed by atoms with van der Waals surface area (Å²) in [4.78, 5) is 19.7. The molecule has 0 spiro atoms. The molecule has 0 aliphatic rings. The molecule has 0 heterocycles. The fraction of sp³-hybridized carbons (Fsp3) is 0.333. The Morgan fingerprint density at radius 1 is 1.50 bits per heavy atom. The van der Waals surface area contributed by atoms with Gasteiger partial charge in [0.05, 0.1) is 12.6 Å². The summed E-state index contributed by atoms with van der Waals surface area (Å²) < 4.78 is 0. The Bertz CT molecular complexity index is 260. The van der Waals surface area contributed by atoms with Crippen molar-refractivity contribution >= 4 is 0 Å². The van der Waals surface area contributed by atoms with Gasteiger partial charge >= 0.3 is 5.82 Å². The van der Waals surface area contributed by atoms with E-state index >= 15 is 0 Å². The van der Waals surface area contributed by atoms with Crippen LogP contribution < -0.4 is 0 Å². The first-order chi connectivity index (χ1) is 5.59. The Morgan fingerprint density at radius 3 is 2.33 bits per heavy atom. The Hall–Kier alpha value is -2.15. The van der Waals surface area contributed by atoms with Crippen LogP contribution in [0.3, 0.4) is 0 Å². The summed E-state index contributed by atoms with van der Waals surface area (Å²) in [6.45, 7) is -0.409. The van der Waals surface area contributed by atoms with E-state index in [2.05, 4.69) is 10.0 Å². The van der Waals surface area contributed by atoms with Crippen molar-refractivity contribution in [2.24, 2.45) is 5.11 Å². The zero-order chi connectivity index (χ0) is 9.56. The summed E-state index contributed by atoms with van der Waals surface area (Å²) in [6, 6.07) is 0. The highest BCUT2D eigenvalue weighted by Gasteiger charge is 2.23. The second-order valence-electron chi connectivity index (χ2n) is 1.49. The van der Waals surface area contributed by atoms with Gasteiger partial charge in [0.1, 0.15) is 9.85 Å². The Labute approximate surface area is 65.2 Å². The number of azide groups is 1. The van der Waals surface area contributed by atoms with Crippen molar-refractivity contribution in [3.8, 4) is 0 Å². The summed E-state index contributed by atoms with van der Waals surface area (Å²) in [7, 11) is 0. The maximum Gasteiger partial charge on any atom is 0.554 e. The fourth-order valence-corrected chi connectivity index (χ4v) is 0.375. The van der Waals surface area contributed by atoms with Crippen LogP contribution >= 0.6 is 0 Å². The first-order valence-corrected chi connectivity index (χ1v) is 2.59. The van der Waals surface area contributed by atoms with Gasteiger partial charge in [-0.2, -0.15) is 0 Å². The molecule has 9 nitrogen and oxygen atoms in total. The minimum absolute atomic E-state index is 0.409. The molecule has 0 atom stereocenters. The monoisotopic (exact) mass is 173 g/mol. The lowest BCUT2D eigenvalue weighted by molar-refractivity contribution is -0.616. The number of nitro groups is 2. The average molecular weight is 173 g/mol. The van der Waals surface area contributed by atoms with Gasteiger partial charge in [0.2, 0.25) is 0 Å². The van der Waals surface area contributed by atoms with Gasteiger partial charge in [-0.25, -0.2) is 0 Å². The molecule has 64 valence electrons. The van der Waals surface area contributed by atoms with Gasteiger partial charge in [-0.05, 0) is 5.53 Å². The number of hydrogen-bond acceptors (Lipinski definition) is 5. The molecule has 0 fully saturated rings. The molecule has 0 aromatic heterocycles. The van der Waals surface area contributed by atoms with Crippen molar-refractivity contribution in [1.82, 2.24) is 0 Å². The number of nitrogens with zero attached hydrogens (tertiary/aromatic N) is 5. The van der Waals surface area contributed by atoms with Crippen LogP contribution in [0.4, 0.5) is 0 Å². The van der Waals surface area contributed by atoms with E-state index in [1.54, 1.807) is 0 Å². The maximum absolute atomic E-state index is 9.90. The molecule has 0 aliphatic carbocycles. The highest BCUT2D eigenvalue weighted by Crippen LogP contribution is 1.95. The van der Waals surface area contributed by atoms with Gasteiger partial charge in [0.15, 0.2) is 0 Å². The third-order valence-electron chi connectivity index (χ3n) is 0.793. The molecule has 0 aromatic rings. The van der Waals surface area contributed by atoms with Gasteiger partial charge in [-0.1, -0.05) is 5.11 Å². The largest absolute Gasteiger partial charge is 0.554 e. The van der Waals surface area contributed by atoms with Crippen LogP contribution in [-0.2, 0) is 0 Å². The molecule has 0 unspecified atom stereocenters. The van der Waals surface area contributed by atoms with Crippen molar-refractivity contribution < 1.29 is 9.85 Å². The highest BCUT2D eigenvalue weighted by molar-refractivity contribution is 4.83. The highest BCUT2D eigenvalue weighted by atomic mass is 16.7. The van der Waals surface area contributed by atoms with Crippen molar-refractivity contribution in [2.45, 2.75) is 0 Å². The molecule has 0 aromatic carbocycles. The van der Waals surface area contributed by atoms with Crippen LogP contribution in [-0.4, -0.2) is 16.4 Å². The van der Waals surface area contributed by atoms with E-state index < -0.39 is 22.2 Å². The third kappa shape index (κ3) is 3.13. The van der Waals surface area contributed by atoms with Gasteiger partial charge in [-0.3, -0.25) is 20.2 Å². The topological polar surface area (TPSA) is 135 Å². The lowest BCUT2D eigenvalue weighted by atomic mass is 10.5. The van der Waals surface area contributed by atoms with Crippen LogP contribution in [0, 0.1) is 20.2 Å². The quantitative estimate of drug-likeness (QED) is 0.203. The first kappa shape index (κ1) is 9.85. The summed E-state index contributed by atoms with van der Waals surface area (Å²) in [6.07, 6.45) is 0.625. The molecule has 0 amide bonds. The van der Waals surface area contributed by atoms with E-state index in [-0.39, 0.29) is 0 Å².